The number of hydrogen-bond donors (Lipinski definition) is 1. The monoisotopic (exact) mass is 273 g/mol. The van der Waals surface area contributed by atoms with Gasteiger partial charge in [-0.15, -0.1) is 0 Å². The van der Waals surface area contributed by atoms with E-state index in [9.17, 15) is 0 Å². The summed E-state index contributed by atoms with van der Waals surface area (Å²) in [6.07, 6.45) is 19.7. The van der Waals surface area contributed by atoms with Crippen LogP contribution in [0.4, 0.5) is 0 Å². The van der Waals surface area contributed by atoms with E-state index in [-0.39, 0.29) is 0 Å². The first-order valence-corrected chi connectivity index (χ1v) is 7.85. The second kappa shape index (κ2) is 12.7. The molecule has 1 unspecified atom stereocenters. The summed E-state index contributed by atoms with van der Waals surface area (Å²) in [5, 5.41) is 0. The number of nitrogens with two attached hydrogens (primary N) is 1. The van der Waals surface area contributed by atoms with E-state index in [0.717, 1.165) is 32.2 Å². The second-order valence-electron chi connectivity index (χ2n) is 4.57. The standard InChI is InChI=1S/C17H25N.C2H6/c1-3-9-15(10-4-2)17(13-8-14-18)16-11-6-5-7-12-16;1-2/h3-4,6,9-12,17H,1,5,7-8,13-14,18H2,2H3;1-2H3/b10-4-,15-9+;. The van der Waals surface area contributed by atoms with E-state index in [1.165, 1.54) is 11.1 Å². The molecule has 1 aliphatic carbocycles. The summed E-state index contributed by atoms with van der Waals surface area (Å²) in [6.45, 7) is 10.6. The third-order valence-corrected chi connectivity index (χ3v) is 3.19. The van der Waals surface area contributed by atoms with Crippen molar-refractivity contribution in [2.75, 3.05) is 6.54 Å². The van der Waals surface area contributed by atoms with Crippen molar-refractivity contribution in [3.05, 3.63) is 60.3 Å². The van der Waals surface area contributed by atoms with E-state index < -0.39 is 0 Å². The average molecular weight is 273 g/mol. The zero-order valence-electron chi connectivity index (χ0n) is 13.4. The highest BCUT2D eigenvalue weighted by molar-refractivity contribution is 5.37. The molecule has 1 nitrogen and oxygen atoms in total. The van der Waals surface area contributed by atoms with Crippen LogP contribution in [-0.2, 0) is 0 Å². The summed E-state index contributed by atoms with van der Waals surface area (Å²) >= 11 is 0. The summed E-state index contributed by atoms with van der Waals surface area (Å²) in [4.78, 5) is 0. The molecule has 1 atom stereocenters. The predicted octanol–water partition coefficient (Wildman–Crippen LogP) is 5.33. The van der Waals surface area contributed by atoms with Crippen LogP contribution in [-0.4, -0.2) is 6.54 Å². The molecule has 0 bridgehead atoms. The van der Waals surface area contributed by atoms with Gasteiger partial charge < -0.3 is 5.73 Å². The van der Waals surface area contributed by atoms with E-state index in [0.29, 0.717) is 5.92 Å². The fraction of sp³-hybridized carbons (Fsp3) is 0.474. The SMILES string of the molecule is C=C/C=C(\C=C/C)C(CCCN)C1=CCCC=C1.CC. The Morgan fingerprint density at radius 2 is 2.15 bits per heavy atom. The van der Waals surface area contributed by atoms with Crippen LogP contribution in [0.25, 0.3) is 0 Å². The minimum absolute atomic E-state index is 0.458. The molecule has 0 saturated heterocycles. The minimum Gasteiger partial charge on any atom is -0.330 e. The van der Waals surface area contributed by atoms with Crippen LogP contribution in [0.1, 0.15) is 46.5 Å². The molecule has 0 saturated carbocycles. The van der Waals surface area contributed by atoms with Gasteiger partial charge in [-0.3, -0.25) is 0 Å². The van der Waals surface area contributed by atoms with Crippen molar-refractivity contribution < 1.29 is 0 Å². The topological polar surface area (TPSA) is 26.0 Å². The molecule has 0 aromatic carbocycles. The molecule has 2 N–H and O–H groups in total. The number of allylic oxidation sites excluding steroid dienone is 9. The van der Waals surface area contributed by atoms with Crippen molar-refractivity contribution in [3.8, 4) is 0 Å². The molecule has 112 valence electrons. The van der Waals surface area contributed by atoms with Gasteiger partial charge in [-0.1, -0.05) is 63.0 Å². The summed E-state index contributed by atoms with van der Waals surface area (Å²) < 4.78 is 0. The summed E-state index contributed by atoms with van der Waals surface area (Å²) in [7, 11) is 0. The van der Waals surface area contributed by atoms with Gasteiger partial charge in [0.2, 0.25) is 0 Å². The highest BCUT2D eigenvalue weighted by atomic mass is 14.5. The third-order valence-electron chi connectivity index (χ3n) is 3.19. The normalized spacial score (nSPS) is 16.4. The van der Waals surface area contributed by atoms with Crippen molar-refractivity contribution in [2.45, 2.75) is 46.5 Å². The van der Waals surface area contributed by atoms with Crippen molar-refractivity contribution >= 4 is 0 Å². The van der Waals surface area contributed by atoms with Crippen LogP contribution in [0, 0.1) is 5.92 Å². The predicted molar refractivity (Wildman–Crippen MR) is 92.7 cm³/mol. The summed E-state index contributed by atoms with van der Waals surface area (Å²) in [5.74, 6) is 0.458. The lowest BCUT2D eigenvalue weighted by atomic mass is 9.84. The lowest BCUT2D eigenvalue weighted by Crippen LogP contribution is -2.10. The maximum Gasteiger partial charge on any atom is 0.00864 e. The molecule has 0 fully saturated rings. The first kappa shape index (κ1) is 18.7. The van der Waals surface area contributed by atoms with Crippen LogP contribution in [0.5, 0.6) is 0 Å². The first-order chi connectivity index (χ1) is 9.83. The molecule has 0 aromatic rings. The van der Waals surface area contributed by atoms with Crippen molar-refractivity contribution in [1.82, 2.24) is 0 Å². The maximum atomic E-state index is 5.66. The molecule has 0 aromatic heterocycles. The Bertz CT molecular complexity index is 369. The molecule has 0 radical (unpaired) electrons. The molecule has 0 spiro atoms. The molecule has 20 heavy (non-hydrogen) atoms. The van der Waals surface area contributed by atoms with Gasteiger partial charge in [0, 0.05) is 5.92 Å². The van der Waals surface area contributed by atoms with Crippen molar-refractivity contribution in [1.29, 1.82) is 0 Å². The third kappa shape index (κ3) is 6.72. The molecule has 1 heteroatoms. The minimum atomic E-state index is 0.458. The maximum absolute atomic E-state index is 5.66. The van der Waals surface area contributed by atoms with Gasteiger partial charge in [-0.2, -0.15) is 0 Å². The van der Waals surface area contributed by atoms with Crippen LogP contribution >= 0.6 is 0 Å². The summed E-state index contributed by atoms with van der Waals surface area (Å²) in [6, 6.07) is 0. The smallest absolute Gasteiger partial charge is 0.00864 e. The number of hydrogen-bond acceptors (Lipinski definition) is 1. The molecular formula is C19H31N. The Labute approximate surface area is 125 Å². The van der Waals surface area contributed by atoms with Crippen LogP contribution in [0.2, 0.25) is 0 Å². The van der Waals surface area contributed by atoms with Gasteiger partial charge in [-0.25, -0.2) is 0 Å². The largest absolute Gasteiger partial charge is 0.330 e. The van der Waals surface area contributed by atoms with Crippen LogP contribution in [0.3, 0.4) is 0 Å². The van der Waals surface area contributed by atoms with Crippen molar-refractivity contribution in [3.63, 3.8) is 0 Å². The van der Waals surface area contributed by atoms with E-state index in [1.54, 1.807) is 0 Å². The highest BCUT2D eigenvalue weighted by Gasteiger charge is 2.15. The Balaban J connectivity index is 0.00000172. The van der Waals surface area contributed by atoms with Gasteiger partial charge in [0.15, 0.2) is 0 Å². The molecule has 1 rings (SSSR count). The van der Waals surface area contributed by atoms with Crippen LogP contribution in [0.15, 0.2) is 60.3 Å². The van der Waals surface area contributed by atoms with Gasteiger partial charge >= 0.3 is 0 Å². The second-order valence-corrected chi connectivity index (χ2v) is 4.57. The molecule has 0 amide bonds. The quantitative estimate of drug-likeness (QED) is 0.623. The zero-order chi connectivity index (χ0) is 15.2. The molecule has 0 aliphatic heterocycles. The summed E-state index contributed by atoms with van der Waals surface area (Å²) in [5.41, 5.74) is 8.42. The van der Waals surface area contributed by atoms with E-state index in [2.05, 4.69) is 50.0 Å². The molecule has 1 aliphatic rings. The van der Waals surface area contributed by atoms with E-state index >= 15 is 0 Å². The molecule has 0 heterocycles. The first-order valence-electron chi connectivity index (χ1n) is 7.85. The Morgan fingerprint density at radius 3 is 2.65 bits per heavy atom. The van der Waals surface area contributed by atoms with Crippen LogP contribution < -0.4 is 5.73 Å². The van der Waals surface area contributed by atoms with E-state index in [1.807, 2.05) is 19.9 Å². The molecular weight excluding hydrogens is 242 g/mol. The average Bonchev–Trinajstić information content (AvgIpc) is 2.51. The zero-order valence-corrected chi connectivity index (χ0v) is 13.4. The Morgan fingerprint density at radius 1 is 1.40 bits per heavy atom. The van der Waals surface area contributed by atoms with Gasteiger partial charge in [0.25, 0.3) is 0 Å². The van der Waals surface area contributed by atoms with Gasteiger partial charge in [-0.05, 0) is 50.3 Å². The fourth-order valence-corrected chi connectivity index (χ4v) is 2.36. The fourth-order valence-electron chi connectivity index (χ4n) is 2.36. The number of rotatable bonds is 7. The van der Waals surface area contributed by atoms with E-state index in [4.69, 9.17) is 5.73 Å². The Hall–Kier alpha value is -1.34. The van der Waals surface area contributed by atoms with Crippen molar-refractivity contribution in [2.24, 2.45) is 11.7 Å². The Kier molecular flexibility index (Phi) is 11.8. The lowest BCUT2D eigenvalue weighted by molar-refractivity contribution is 0.621. The lowest BCUT2D eigenvalue weighted by Gasteiger charge is -2.21. The highest BCUT2D eigenvalue weighted by Crippen LogP contribution is 2.30. The van der Waals surface area contributed by atoms with Gasteiger partial charge in [0.05, 0.1) is 0 Å². The van der Waals surface area contributed by atoms with Gasteiger partial charge in [0.1, 0.15) is 0 Å².